The number of nitrogens with one attached hydrogen (secondary N) is 2. The number of benzene rings is 1. The van der Waals surface area contributed by atoms with Crippen molar-refractivity contribution in [1.29, 1.82) is 0 Å². The van der Waals surface area contributed by atoms with Crippen LogP contribution in [0.2, 0.25) is 0 Å². The second kappa shape index (κ2) is 7.08. The van der Waals surface area contributed by atoms with Gasteiger partial charge in [-0.05, 0) is 36.8 Å². The molecule has 0 saturated carbocycles. The van der Waals surface area contributed by atoms with Crippen LogP contribution in [0.4, 0.5) is 10.2 Å². The predicted octanol–water partition coefficient (Wildman–Crippen LogP) is 1.86. The van der Waals surface area contributed by atoms with Crippen LogP contribution in [0.1, 0.15) is 5.56 Å². The fourth-order valence-electron chi connectivity index (χ4n) is 2.30. The zero-order valence-electron chi connectivity index (χ0n) is 13.4. The third kappa shape index (κ3) is 3.89. The molecule has 0 saturated heterocycles. The van der Waals surface area contributed by atoms with Gasteiger partial charge in [-0.25, -0.2) is 32.5 Å². The molecule has 0 aliphatic carbocycles. The number of fused-ring (bicyclic) bond motifs is 1. The lowest BCUT2D eigenvalue weighted by atomic mass is 10.2. The number of hydrogen-bond acceptors (Lipinski definition) is 6. The van der Waals surface area contributed by atoms with E-state index in [-0.39, 0.29) is 18.0 Å². The van der Waals surface area contributed by atoms with E-state index in [1.807, 2.05) is 6.07 Å². The minimum atomic E-state index is -3.92. The number of pyridine rings is 1. The maximum absolute atomic E-state index is 13.8. The topological polar surface area (TPSA) is 96.9 Å². The Morgan fingerprint density at radius 1 is 1.12 bits per heavy atom. The molecule has 0 aliphatic heterocycles. The molecular weight excluding hydrogens is 345 g/mol. The Morgan fingerprint density at radius 3 is 2.80 bits per heavy atom. The first-order valence-electron chi connectivity index (χ1n) is 7.53. The number of halogens is 1. The summed E-state index contributed by atoms with van der Waals surface area (Å²) >= 11 is 0. The van der Waals surface area contributed by atoms with E-state index in [1.165, 1.54) is 18.5 Å². The van der Waals surface area contributed by atoms with Gasteiger partial charge in [0.1, 0.15) is 22.9 Å². The molecule has 2 N–H and O–H groups in total. The Bertz CT molecular complexity index is 1010. The van der Waals surface area contributed by atoms with Crippen LogP contribution in [0.25, 0.3) is 11.0 Å². The summed E-state index contributed by atoms with van der Waals surface area (Å²) in [7, 11) is -3.92. The lowest BCUT2D eigenvalue weighted by Crippen LogP contribution is -2.29. The van der Waals surface area contributed by atoms with Crippen LogP contribution in [0, 0.1) is 12.7 Å². The Balaban J connectivity index is 1.65. The van der Waals surface area contributed by atoms with Crippen molar-refractivity contribution in [3.63, 3.8) is 0 Å². The van der Waals surface area contributed by atoms with Gasteiger partial charge in [-0.15, -0.1) is 0 Å². The molecule has 0 aliphatic rings. The van der Waals surface area contributed by atoms with Crippen LogP contribution in [0.3, 0.4) is 0 Å². The summed E-state index contributed by atoms with van der Waals surface area (Å²) in [6, 6.07) is 7.54. The summed E-state index contributed by atoms with van der Waals surface area (Å²) in [5.41, 5.74) is 1.21. The molecule has 3 aromatic rings. The molecule has 9 heteroatoms. The van der Waals surface area contributed by atoms with E-state index in [1.54, 1.807) is 19.2 Å². The van der Waals surface area contributed by atoms with E-state index in [0.29, 0.717) is 17.0 Å². The van der Waals surface area contributed by atoms with Gasteiger partial charge in [0.05, 0.1) is 5.39 Å². The zero-order chi connectivity index (χ0) is 17.9. The Morgan fingerprint density at radius 2 is 1.96 bits per heavy atom. The second-order valence-corrected chi connectivity index (χ2v) is 7.09. The van der Waals surface area contributed by atoms with Gasteiger partial charge >= 0.3 is 0 Å². The van der Waals surface area contributed by atoms with Gasteiger partial charge in [-0.3, -0.25) is 0 Å². The summed E-state index contributed by atoms with van der Waals surface area (Å²) in [6.07, 6.45) is 3.01. The molecule has 0 radical (unpaired) electrons. The van der Waals surface area contributed by atoms with E-state index in [0.717, 1.165) is 11.5 Å². The van der Waals surface area contributed by atoms with Gasteiger partial charge in [-0.1, -0.05) is 6.07 Å². The average molecular weight is 361 g/mol. The number of hydrogen-bond donors (Lipinski definition) is 2. The number of aromatic nitrogens is 3. The number of sulfonamides is 1. The summed E-state index contributed by atoms with van der Waals surface area (Å²) in [5, 5.41) is 3.76. The first-order valence-corrected chi connectivity index (χ1v) is 9.01. The number of aryl methyl sites for hydroxylation is 1. The van der Waals surface area contributed by atoms with Crippen molar-refractivity contribution in [3.8, 4) is 0 Å². The first kappa shape index (κ1) is 17.2. The number of rotatable bonds is 6. The molecular formula is C16H16FN5O2S. The van der Waals surface area contributed by atoms with Crippen molar-refractivity contribution in [2.45, 2.75) is 11.8 Å². The third-order valence-electron chi connectivity index (χ3n) is 3.49. The smallest absolute Gasteiger partial charge is 0.243 e. The molecule has 25 heavy (non-hydrogen) atoms. The van der Waals surface area contributed by atoms with Crippen LogP contribution >= 0.6 is 0 Å². The summed E-state index contributed by atoms with van der Waals surface area (Å²) in [6.45, 7) is 2.05. The summed E-state index contributed by atoms with van der Waals surface area (Å²) < 4.78 is 40.6. The lowest BCUT2D eigenvalue weighted by molar-refractivity contribution is 0.557. The van der Waals surface area contributed by atoms with Crippen LogP contribution < -0.4 is 10.0 Å². The molecule has 0 fully saturated rings. The van der Waals surface area contributed by atoms with E-state index in [9.17, 15) is 12.8 Å². The van der Waals surface area contributed by atoms with Crippen LogP contribution in [0.5, 0.6) is 0 Å². The standard InChI is InChI=1S/C16H16FN5O2S/c1-11-4-5-13(17)14(9-11)25(23,24)22-8-7-19-16-12-3-2-6-18-15(12)20-10-21-16/h2-6,9-10,22H,7-8H2,1H3,(H,18,19,20,21). The molecule has 1 aromatic carbocycles. The highest BCUT2D eigenvalue weighted by molar-refractivity contribution is 7.89. The summed E-state index contributed by atoms with van der Waals surface area (Å²) in [4.78, 5) is 11.9. The van der Waals surface area contributed by atoms with Gasteiger partial charge < -0.3 is 5.32 Å². The fraction of sp³-hybridized carbons (Fsp3) is 0.188. The molecule has 0 unspecified atom stereocenters. The van der Waals surface area contributed by atoms with Crippen LogP contribution in [-0.4, -0.2) is 36.5 Å². The quantitative estimate of drug-likeness (QED) is 0.651. The first-order chi connectivity index (χ1) is 12.0. The molecule has 130 valence electrons. The Labute approximate surface area is 144 Å². The van der Waals surface area contributed by atoms with Crippen molar-refractivity contribution >= 4 is 26.9 Å². The zero-order valence-corrected chi connectivity index (χ0v) is 14.2. The Kier molecular flexibility index (Phi) is 4.86. The maximum atomic E-state index is 13.8. The van der Waals surface area contributed by atoms with Crippen molar-refractivity contribution in [2.75, 3.05) is 18.4 Å². The number of nitrogens with zero attached hydrogens (tertiary/aromatic N) is 3. The molecule has 7 nitrogen and oxygen atoms in total. The maximum Gasteiger partial charge on any atom is 0.243 e. The van der Waals surface area contributed by atoms with Crippen molar-refractivity contribution in [2.24, 2.45) is 0 Å². The van der Waals surface area contributed by atoms with Crippen LogP contribution in [0.15, 0.2) is 47.8 Å². The fourth-order valence-corrected chi connectivity index (χ4v) is 3.49. The normalized spacial score (nSPS) is 11.6. The van der Waals surface area contributed by atoms with E-state index in [2.05, 4.69) is 25.0 Å². The van der Waals surface area contributed by atoms with Crippen molar-refractivity contribution in [1.82, 2.24) is 19.7 Å². The van der Waals surface area contributed by atoms with Crippen molar-refractivity contribution < 1.29 is 12.8 Å². The molecule has 0 amide bonds. The van der Waals surface area contributed by atoms with E-state index >= 15 is 0 Å². The van der Waals surface area contributed by atoms with Gasteiger partial charge in [-0.2, -0.15) is 0 Å². The molecule has 2 aromatic heterocycles. The predicted molar refractivity (Wildman–Crippen MR) is 92.1 cm³/mol. The third-order valence-corrected chi connectivity index (χ3v) is 4.97. The monoisotopic (exact) mass is 361 g/mol. The molecule has 0 bridgehead atoms. The molecule has 2 heterocycles. The lowest BCUT2D eigenvalue weighted by Gasteiger charge is -2.10. The highest BCUT2D eigenvalue weighted by atomic mass is 32.2. The van der Waals surface area contributed by atoms with Crippen molar-refractivity contribution in [3.05, 3.63) is 54.2 Å². The van der Waals surface area contributed by atoms with E-state index < -0.39 is 15.8 Å². The molecule has 3 rings (SSSR count). The summed E-state index contributed by atoms with van der Waals surface area (Å²) in [5.74, 6) is -0.224. The molecule has 0 atom stereocenters. The number of anilines is 1. The van der Waals surface area contributed by atoms with Gasteiger partial charge in [0.25, 0.3) is 0 Å². The van der Waals surface area contributed by atoms with Crippen LogP contribution in [-0.2, 0) is 10.0 Å². The average Bonchev–Trinajstić information content (AvgIpc) is 2.61. The highest BCUT2D eigenvalue weighted by Gasteiger charge is 2.18. The minimum Gasteiger partial charge on any atom is -0.368 e. The SMILES string of the molecule is Cc1ccc(F)c(S(=O)(=O)NCCNc2ncnc3ncccc23)c1. The Hall–Kier alpha value is -2.65. The largest absolute Gasteiger partial charge is 0.368 e. The molecule has 0 spiro atoms. The van der Waals surface area contributed by atoms with E-state index in [4.69, 9.17) is 0 Å². The minimum absolute atomic E-state index is 0.0709. The second-order valence-electron chi connectivity index (χ2n) is 5.36. The van der Waals surface area contributed by atoms with Gasteiger partial charge in [0, 0.05) is 19.3 Å². The highest BCUT2D eigenvalue weighted by Crippen LogP contribution is 2.17. The van der Waals surface area contributed by atoms with Gasteiger partial charge in [0.2, 0.25) is 10.0 Å². The van der Waals surface area contributed by atoms with Gasteiger partial charge in [0.15, 0.2) is 5.65 Å².